The molecule has 0 spiro atoms. The summed E-state index contributed by atoms with van der Waals surface area (Å²) < 4.78 is 28.8. The lowest BCUT2D eigenvalue weighted by molar-refractivity contribution is -0.384. The molecular weight excluding hydrogens is 534 g/mol. The van der Waals surface area contributed by atoms with E-state index in [4.69, 9.17) is 11.1 Å². The number of sulfonamides is 1. The molecule has 1 aromatic heterocycles. The van der Waals surface area contributed by atoms with Gasteiger partial charge in [0, 0.05) is 48.9 Å². The monoisotopic (exact) mass is 563 g/mol. The van der Waals surface area contributed by atoms with E-state index in [1.165, 1.54) is 0 Å². The van der Waals surface area contributed by atoms with Gasteiger partial charge in [-0.1, -0.05) is 18.2 Å². The molecule has 1 aliphatic rings. The second kappa shape index (κ2) is 12.2. The third-order valence-electron chi connectivity index (χ3n) is 6.50. The van der Waals surface area contributed by atoms with E-state index in [-0.39, 0.29) is 41.3 Å². The molecule has 2 aromatic carbocycles. The van der Waals surface area contributed by atoms with Gasteiger partial charge in [0.05, 0.1) is 9.82 Å². The highest BCUT2D eigenvalue weighted by Crippen LogP contribution is 2.21. The molecule has 2 unspecified atom stereocenters. The number of nitro groups is 1. The molecule has 12 nitrogen and oxygen atoms in total. The smallest absolute Gasteiger partial charge is 0.269 e. The molecule has 1 saturated heterocycles. The zero-order valence-corrected chi connectivity index (χ0v) is 22.1. The van der Waals surface area contributed by atoms with Gasteiger partial charge in [-0.25, -0.2) is 8.42 Å². The number of halogens is 1. The summed E-state index contributed by atoms with van der Waals surface area (Å²) in [5.41, 5.74) is 7.00. The molecule has 14 heteroatoms. The van der Waals surface area contributed by atoms with Crippen molar-refractivity contribution in [3.05, 3.63) is 70.4 Å². The first-order valence-corrected chi connectivity index (χ1v) is 13.3. The van der Waals surface area contributed by atoms with Crippen LogP contribution in [0.3, 0.4) is 0 Å². The zero-order chi connectivity index (χ0) is 26.6. The Balaban J connectivity index is 0.00000400. The van der Waals surface area contributed by atoms with Gasteiger partial charge in [0.25, 0.3) is 5.69 Å². The number of carbonyl (C=O) groups is 1. The fraction of sp³-hybridized carbons (Fsp3) is 0.333. The van der Waals surface area contributed by atoms with Gasteiger partial charge in [-0.05, 0) is 48.9 Å². The first-order chi connectivity index (χ1) is 17.6. The quantitative estimate of drug-likeness (QED) is 0.114. The number of hydrogen-bond acceptors (Lipinski definition) is 6. The maximum Gasteiger partial charge on any atom is 0.269 e. The average Bonchev–Trinajstić information content (AvgIpc) is 3.29. The van der Waals surface area contributed by atoms with Crippen molar-refractivity contribution in [2.24, 2.45) is 11.7 Å². The Kier molecular flexibility index (Phi) is 9.31. The first-order valence-electron chi connectivity index (χ1n) is 11.8. The van der Waals surface area contributed by atoms with Gasteiger partial charge in [-0.15, -0.1) is 12.4 Å². The van der Waals surface area contributed by atoms with Crippen molar-refractivity contribution in [2.75, 3.05) is 19.6 Å². The number of fused-ring (bicyclic) bond motifs is 1. The number of nitrogens with two attached hydrogens (primary N) is 1. The van der Waals surface area contributed by atoms with Crippen molar-refractivity contribution < 1.29 is 18.1 Å². The van der Waals surface area contributed by atoms with Gasteiger partial charge in [-0.3, -0.25) is 20.3 Å². The minimum atomic E-state index is -4.16. The highest BCUT2D eigenvalue weighted by Gasteiger charge is 2.29. The van der Waals surface area contributed by atoms with E-state index >= 15 is 0 Å². The number of likely N-dealkylation sites (tertiary alicyclic amines) is 1. The number of para-hydroxylation sites is 1. The zero-order valence-electron chi connectivity index (χ0n) is 20.4. The van der Waals surface area contributed by atoms with Gasteiger partial charge < -0.3 is 20.9 Å². The number of piperidine rings is 1. The minimum Gasteiger partial charge on any atom is -0.370 e. The Morgan fingerprint density at radius 1 is 1.24 bits per heavy atom. The maximum atomic E-state index is 13.3. The Labute approximate surface area is 226 Å². The van der Waals surface area contributed by atoms with Crippen molar-refractivity contribution >= 4 is 50.9 Å². The summed E-state index contributed by atoms with van der Waals surface area (Å²) in [5, 5.41) is 22.3. The predicted molar refractivity (Wildman–Crippen MR) is 146 cm³/mol. The molecule has 6 N–H and O–H groups in total. The molecule has 2 atom stereocenters. The third kappa shape index (κ3) is 6.79. The summed E-state index contributed by atoms with van der Waals surface area (Å²) in [4.78, 5) is 28.3. The van der Waals surface area contributed by atoms with Crippen LogP contribution in [-0.2, 0) is 21.2 Å². The van der Waals surface area contributed by atoms with Crippen LogP contribution >= 0.6 is 12.4 Å². The number of aromatic amines is 1. The van der Waals surface area contributed by atoms with Crippen LogP contribution in [0.1, 0.15) is 18.4 Å². The van der Waals surface area contributed by atoms with Crippen LogP contribution in [0.15, 0.2) is 59.6 Å². The molecule has 0 aliphatic carbocycles. The third-order valence-corrected chi connectivity index (χ3v) is 7.98. The number of hydrogen-bond donors (Lipinski definition) is 5. The Bertz CT molecular complexity index is 1410. The molecule has 0 bridgehead atoms. The molecule has 0 radical (unpaired) electrons. The number of nitrogens with zero attached hydrogens (tertiary/aromatic N) is 2. The van der Waals surface area contributed by atoms with Gasteiger partial charge >= 0.3 is 0 Å². The molecule has 38 heavy (non-hydrogen) atoms. The Morgan fingerprint density at radius 2 is 1.95 bits per heavy atom. The van der Waals surface area contributed by atoms with Crippen LogP contribution in [0.2, 0.25) is 0 Å². The fourth-order valence-corrected chi connectivity index (χ4v) is 5.72. The Hall–Kier alpha value is -3.68. The molecule has 2 heterocycles. The number of rotatable bonds is 9. The van der Waals surface area contributed by atoms with Crippen molar-refractivity contribution in [1.29, 1.82) is 5.41 Å². The lowest BCUT2D eigenvalue weighted by Gasteiger charge is -2.33. The summed E-state index contributed by atoms with van der Waals surface area (Å²) in [7, 11) is -4.16. The Morgan fingerprint density at radius 3 is 2.63 bits per heavy atom. The van der Waals surface area contributed by atoms with E-state index in [2.05, 4.69) is 15.0 Å². The number of nitrogens with one attached hydrogen (secondary N) is 4. The number of aromatic nitrogens is 1. The SMILES string of the molecule is Cl.N=C(N)N1CCCC(CNC(=O)C(Cc2c[nH]c3ccccc23)NS(=O)(=O)c2ccc([N+](=O)[O-])cc2)C1. The highest BCUT2D eigenvalue weighted by molar-refractivity contribution is 7.89. The van der Waals surface area contributed by atoms with Gasteiger partial charge in [-0.2, -0.15) is 4.72 Å². The summed E-state index contributed by atoms with van der Waals surface area (Å²) >= 11 is 0. The molecular formula is C24H30ClN7O5S. The average molecular weight is 564 g/mol. The number of amides is 1. The molecule has 4 rings (SSSR count). The largest absolute Gasteiger partial charge is 0.370 e. The van der Waals surface area contributed by atoms with Crippen molar-refractivity contribution in [1.82, 2.24) is 19.9 Å². The van der Waals surface area contributed by atoms with Crippen LogP contribution in [0, 0.1) is 21.4 Å². The maximum absolute atomic E-state index is 13.3. The summed E-state index contributed by atoms with van der Waals surface area (Å²) in [6.07, 6.45) is 3.53. The van der Waals surface area contributed by atoms with Crippen LogP contribution in [-0.4, -0.2) is 60.8 Å². The second-order valence-corrected chi connectivity index (χ2v) is 10.8. The summed E-state index contributed by atoms with van der Waals surface area (Å²) in [5.74, 6) is -0.429. The van der Waals surface area contributed by atoms with Crippen molar-refractivity contribution in [3.63, 3.8) is 0 Å². The van der Waals surface area contributed by atoms with Crippen LogP contribution in [0.4, 0.5) is 5.69 Å². The van der Waals surface area contributed by atoms with Crippen molar-refractivity contribution in [3.8, 4) is 0 Å². The van der Waals surface area contributed by atoms with Crippen molar-refractivity contribution in [2.45, 2.75) is 30.2 Å². The second-order valence-electron chi connectivity index (χ2n) is 9.07. The number of nitro benzene ring substituents is 1. The number of carbonyl (C=O) groups excluding carboxylic acids is 1. The van der Waals surface area contributed by atoms with E-state index in [0.717, 1.165) is 53.6 Å². The molecule has 1 amide bonds. The molecule has 1 fully saturated rings. The highest BCUT2D eigenvalue weighted by atomic mass is 35.5. The van der Waals surface area contributed by atoms with E-state index in [0.29, 0.717) is 19.6 Å². The van der Waals surface area contributed by atoms with E-state index in [1.54, 1.807) is 11.1 Å². The predicted octanol–water partition coefficient (Wildman–Crippen LogP) is 2.11. The van der Waals surface area contributed by atoms with Crippen LogP contribution < -0.4 is 15.8 Å². The summed E-state index contributed by atoms with van der Waals surface area (Å²) in [6.45, 7) is 1.54. The lowest BCUT2D eigenvalue weighted by atomic mass is 9.98. The molecule has 0 saturated carbocycles. The molecule has 1 aliphatic heterocycles. The van der Waals surface area contributed by atoms with E-state index < -0.39 is 26.9 Å². The van der Waals surface area contributed by atoms with Gasteiger partial charge in [0.1, 0.15) is 6.04 Å². The molecule has 3 aromatic rings. The van der Waals surface area contributed by atoms with Gasteiger partial charge in [0.2, 0.25) is 15.9 Å². The topological polar surface area (TPSA) is 187 Å². The van der Waals surface area contributed by atoms with E-state index in [1.807, 2.05) is 24.3 Å². The van der Waals surface area contributed by atoms with Gasteiger partial charge in [0.15, 0.2) is 5.96 Å². The number of non-ortho nitro benzene ring substituents is 1. The normalized spacial score (nSPS) is 16.4. The van der Waals surface area contributed by atoms with Crippen LogP contribution in [0.5, 0.6) is 0 Å². The standard InChI is InChI=1S/C24H29N7O5S.ClH/c25-24(26)30-11-3-4-16(15-30)13-28-23(32)22(12-17-14-27-21-6-2-1-5-20(17)21)29-37(35,36)19-9-7-18(8-10-19)31(33)34;/h1-2,5-10,14,16,22,27,29H,3-4,11-13,15H2,(H3,25,26)(H,28,32);1H. The summed E-state index contributed by atoms with van der Waals surface area (Å²) in [6, 6.07) is 10.9. The number of guanidine groups is 1. The number of benzene rings is 2. The van der Waals surface area contributed by atoms with E-state index in [9.17, 15) is 23.3 Å². The first kappa shape index (κ1) is 28.9. The molecule has 204 valence electrons. The lowest BCUT2D eigenvalue weighted by Crippen LogP contribution is -2.51. The number of H-pyrrole nitrogens is 1. The fourth-order valence-electron chi connectivity index (χ4n) is 4.53. The van der Waals surface area contributed by atoms with Crippen LogP contribution in [0.25, 0.3) is 10.9 Å². The minimum absolute atomic E-state index is 0.